The maximum Gasteiger partial charge on any atom is 0.318 e. The van der Waals surface area contributed by atoms with E-state index in [-0.39, 0.29) is 24.1 Å². The molecule has 1 aliphatic rings. The minimum atomic E-state index is -0.495. The lowest BCUT2D eigenvalue weighted by atomic mass is 9.81. The highest BCUT2D eigenvalue weighted by Crippen LogP contribution is 2.38. The molecule has 28 heavy (non-hydrogen) atoms. The third-order valence-electron chi connectivity index (χ3n) is 5.03. The first-order valence-corrected chi connectivity index (χ1v) is 9.34. The summed E-state index contributed by atoms with van der Waals surface area (Å²) >= 11 is 0. The lowest BCUT2D eigenvalue weighted by Gasteiger charge is -2.20. The van der Waals surface area contributed by atoms with Crippen LogP contribution >= 0.6 is 0 Å². The van der Waals surface area contributed by atoms with E-state index in [0.29, 0.717) is 11.3 Å². The van der Waals surface area contributed by atoms with Gasteiger partial charge in [-0.15, -0.1) is 0 Å². The van der Waals surface area contributed by atoms with E-state index >= 15 is 0 Å². The highest BCUT2D eigenvalue weighted by molar-refractivity contribution is 5.97. The van der Waals surface area contributed by atoms with Gasteiger partial charge in [0, 0.05) is 23.5 Å². The summed E-state index contributed by atoms with van der Waals surface area (Å²) in [5.41, 5.74) is 2.47. The number of hydrogen-bond acceptors (Lipinski definition) is 3. The Bertz CT molecular complexity index is 992. The first kappa shape index (κ1) is 17.9. The zero-order chi connectivity index (χ0) is 19.3. The molecule has 0 aromatic heterocycles. The number of benzene rings is 3. The predicted molar refractivity (Wildman–Crippen MR) is 109 cm³/mol. The molecule has 2 atom stereocenters. The van der Waals surface area contributed by atoms with Crippen molar-refractivity contribution >= 4 is 17.5 Å². The number of hydrogen-bond donors (Lipinski definition) is 0. The van der Waals surface area contributed by atoms with Gasteiger partial charge < -0.3 is 4.74 Å². The zero-order valence-electron chi connectivity index (χ0n) is 15.3. The van der Waals surface area contributed by atoms with Crippen LogP contribution in [0.5, 0.6) is 0 Å². The Kier molecular flexibility index (Phi) is 5.16. The van der Waals surface area contributed by atoms with Crippen molar-refractivity contribution in [1.29, 1.82) is 0 Å². The van der Waals surface area contributed by atoms with Gasteiger partial charge in [-0.3, -0.25) is 9.59 Å². The Morgan fingerprint density at radius 1 is 0.821 bits per heavy atom. The summed E-state index contributed by atoms with van der Waals surface area (Å²) in [4.78, 5) is 25.6. The molecule has 3 heteroatoms. The van der Waals surface area contributed by atoms with E-state index in [0.717, 1.165) is 11.1 Å². The molecule has 0 N–H and O–H groups in total. The van der Waals surface area contributed by atoms with Crippen LogP contribution in [0.25, 0.3) is 5.76 Å². The molecule has 0 saturated heterocycles. The minimum absolute atomic E-state index is 0.0174. The van der Waals surface area contributed by atoms with Crippen LogP contribution in [0.2, 0.25) is 0 Å². The van der Waals surface area contributed by atoms with Crippen molar-refractivity contribution < 1.29 is 14.3 Å². The van der Waals surface area contributed by atoms with E-state index in [2.05, 4.69) is 0 Å². The van der Waals surface area contributed by atoms with Gasteiger partial charge in [0.05, 0.1) is 5.92 Å². The summed E-state index contributed by atoms with van der Waals surface area (Å²) in [6.07, 6.45) is 2.10. The van der Waals surface area contributed by atoms with E-state index in [9.17, 15) is 9.59 Å². The number of ketones is 1. The summed E-state index contributed by atoms with van der Waals surface area (Å²) in [6, 6.07) is 28.5. The molecule has 2 unspecified atom stereocenters. The Labute approximate surface area is 164 Å². The number of carbonyl (C=O) groups is 2. The van der Waals surface area contributed by atoms with Crippen molar-refractivity contribution in [2.75, 3.05) is 0 Å². The van der Waals surface area contributed by atoms with Gasteiger partial charge in [0.2, 0.25) is 0 Å². The van der Waals surface area contributed by atoms with Crippen LogP contribution in [0.4, 0.5) is 0 Å². The van der Waals surface area contributed by atoms with Gasteiger partial charge in [-0.25, -0.2) is 0 Å². The summed E-state index contributed by atoms with van der Waals surface area (Å²) < 4.78 is 5.56. The van der Waals surface area contributed by atoms with Gasteiger partial charge >= 0.3 is 5.97 Å². The van der Waals surface area contributed by atoms with Crippen LogP contribution in [-0.2, 0) is 9.53 Å². The molecule has 138 valence electrons. The molecule has 3 nitrogen and oxygen atoms in total. The van der Waals surface area contributed by atoms with Gasteiger partial charge in [0.15, 0.2) is 5.78 Å². The van der Waals surface area contributed by atoms with E-state index in [1.807, 2.05) is 97.1 Å². The standard InChI is InChI=1S/C25H20O3/c26-23(19-12-6-2-7-13-19)16-21(18-10-4-1-5-11-18)22-17-24(28-25(22)27)20-14-8-3-9-15-20/h1-15,17,21-22H,16H2. The Morgan fingerprint density at radius 3 is 2.04 bits per heavy atom. The predicted octanol–water partition coefficient (Wildman–Crippen LogP) is 5.26. The van der Waals surface area contributed by atoms with Gasteiger partial charge in [0.1, 0.15) is 5.76 Å². The number of carbonyl (C=O) groups excluding carboxylic acids is 2. The van der Waals surface area contributed by atoms with Gasteiger partial charge in [-0.1, -0.05) is 91.0 Å². The largest absolute Gasteiger partial charge is 0.426 e. The van der Waals surface area contributed by atoms with Crippen LogP contribution in [0.15, 0.2) is 97.1 Å². The monoisotopic (exact) mass is 368 g/mol. The van der Waals surface area contributed by atoms with Gasteiger partial charge in [-0.05, 0) is 11.6 Å². The van der Waals surface area contributed by atoms with Crippen LogP contribution in [-0.4, -0.2) is 11.8 Å². The van der Waals surface area contributed by atoms with Crippen molar-refractivity contribution in [3.05, 3.63) is 114 Å². The average Bonchev–Trinajstić information content (AvgIpc) is 3.15. The molecule has 0 fully saturated rings. The number of rotatable bonds is 6. The fraction of sp³-hybridized carbons (Fsp3) is 0.120. The molecule has 1 aliphatic heterocycles. The molecular formula is C25H20O3. The summed E-state index contributed by atoms with van der Waals surface area (Å²) in [6.45, 7) is 0. The highest BCUT2D eigenvalue weighted by Gasteiger charge is 2.36. The van der Waals surface area contributed by atoms with Crippen LogP contribution in [0, 0.1) is 5.92 Å². The van der Waals surface area contributed by atoms with Crippen LogP contribution in [0.3, 0.4) is 0 Å². The fourth-order valence-electron chi connectivity index (χ4n) is 3.57. The molecule has 0 bridgehead atoms. The highest BCUT2D eigenvalue weighted by atomic mass is 16.5. The molecule has 0 aliphatic carbocycles. The molecule has 4 rings (SSSR count). The number of ether oxygens (including phenoxy) is 1. The zero-order valence-corrected chi connectivity index (χ0v) is 15.3. The second-order valence-electron chi connectivity index (χ2n) is 6.85. The second kappa shape index (κ2) is 8.05. The van der Waals surface area contributed by atoms with Crippen molar-refractivity contribution in [3.8, 4) is 0 Å². The molecular weight excluding hydrogens is 348 g/mol. The summed E-state index contributed by atoms with van der Waals surface area (Å²) in [5, 5.41) is 0. The topological polar surface area (TPSA) is 43.4 Å². The second-order valence-corrected chi connectivity index (χ2v) is 6.85. The fourth-order valence-corrected chi connectivity index (χ4v) is 3.57. The smallest absolute Gasteiger partial charge is 0.318 e. The molecule has 0 saturated carbocycles. The van der Waals surface area contributed by atoms with Crippen LogP contribution < -0.4 is 0 Å². The van der Waals surface area contributed by atoms with Crippen molar-refractivity contribution in [3.63, 3.8) is 0 Å². The Morgan fingerprint density at radius 2 is 1.39 bits per heavy atom. The number of esters is 1. The lowest BCUT2D eigenvalue weighted by Crippen LogP contribution is -2.21. The van der Waals surface area contributed by atoms with Crippen molar-refractivity contribution in [2.24, 2.45) is 5.92 Å². The molecule has 3 aromatic carbocycles. The number of Topliss-reactive ketones (excluding diaryl/α,β-unsaturated/α-hetero) is 1. The Balaban J connectivity index is 1.67. The SMILES string of the molecule is O=C(CC(c1ccccc1)C1C=C(c2ccccc2)OC1=O)c1ccccc1. The maximum atomic E-state index is 12.9. The van der Waals surface area contributed by atoms with E-state index in [1.165, 1.54) is 0 Å². The number of cyclic esters (lactones) is 1. The van der Waals surface area contributed by atoms with Gasteiger partial charge in [-0.2, -0.15) is 0 Å². The van der Waals surface area contributed by atoms with E-state index in [4.69, 9.17) is 4.74 Å². The minimum Gasteiger partial charge on any atom is -0.426 e. The molecule has 0 spiro atoms. The summed E-state index contributed by atoms with van der Waals surface area (Å²) in [7, 11) is 0. The average molecular weight is 368 g/mol. The maximum absolute atomic E-state index is 12.9. The Hall–Kier alpha value is -3.46. The third-order valence-corrected chi connectivity index (χ3v) is 5.03. The third kappa shape index (κ3) is 3.79. The summed E-state index contributed by atoms with van der Waals surface area (Å²) in [5.74, 6) is -0.506. The lowest BCUT2D eigenvalue weighted by molar-refractivity contribution is -0.138. The quantitative estimate of drug-likeness (QED) is 0.440. The first-order chi connectivity index (χ1) is 13.7. The molecule has 1 heterocycles. The van der Waals surface area contributed by atoms with Gasteiger partial charge in [0.25, 0.3) is 0 Å². The van der Waals surface area contributed by atoms with Crippen LogP contribution in [0.1, 0.15) is 33.8 Å². The normalized spacial score (nSPS) is 16.9. The molecule has 3 aromatic rings. The molecule has 0 amide bonds. The van der Waals surface area contributed by atoms with E-state index < -0.39 is 5.92 Å². The molecule has 0 radical (unpaired) electrons. The first-order valence-electron chi connectivity index (χ1n) is 9.34. The van der Waals surface area contributed by atoms with E-state index in [1.54, 1.807) is 0 Å². The van der Waals surface area contributed by atoms with Crippen molar-refractivity contribution in [1.82, 2.24) is 0 Å². The van der Waals surface area contributed by atoms with Crippen molar-refractivity contribution in [2.45, 2.75) is 12.3 Å².